The molecule has 2 N–H and O–H groups in total. The van der Waals surface area contributed by atoms with E-state index in [0.717, 1.165) is 27.9 Å². The van der Waals surface area contributed by atoms with Crippen LogP contribution in [0.3, 0.4) is 0 Å². The Labute approximate surface area is 198 Å². The first-order valence-corrected chi connectivity index (χ1v) is 11.5. The van der Waals surface area contributed by atoms with E-state index in [1.807, 2.05) is 17.6 Å². The first-order chi connectivity index (χ1) is 15.8. The summed E-state index contributed by atoms with van der Waals surface area (Å²) in [7, 11) is 0. The number of aromatic nitrogens is 3. The number of ether oxygens (including phenoxy) is 1. The van der Waals surface area contributed by atoms with Crippen molar-refractivity contribution in [2.45, 2.75) is 27.3 Å². The van der Waals surface area contributed by atoms with Crippen molar-refractivity contribution in [3.63, 3.8) is 0 Å². The number of nitrogens with zero attached hydrogens (tertiary/aromatic N) is 3. The number of thiophene rings is 1. The zero-order chi connectivity index (χ0) is 23.7. The lowest BCUT2D eigenvalue weighted by atomic mass is 10.1. The standard InChI is InChI=1S/C23H22ClFN4O3S/c1-4-32-18-10-19(33-22(18)23(30)31)17-9-20(28-11-27-17)26-5-6-29-12(2)7-14-13(3)16(25)8-15(24)21(14)29/h7-11H,4-6H2,1-3H3,(H,30,31)(H,26,27,28). The van der Waals surface area contributed by atoms with E-state index in [1.165, 1.54) is 12.4 Å². The molecule has 0 fully saturated rings. The number of fused-ring (bicyclic) bond motifs is 1. The van der Waals surface area contributed by atoms with E-state index >= 15 is 0 Å². The third kappa shape index (κ3) is 4.51. The molecule has 0 aliphatic heterocycles. The fourth-order valence-corrected chi connectivity index (χ4v) is 4.93. The highest BCUT2D eigenvalue weighted by molar-refractivity contribution is 7.17. The zero-order valence-electron chi connectivity index (χ0n) is 18.3. The van der Waals surface area contributed by atoms with E-state index in [0.29, 0.717) is 52.4 Å². The van der Waals surface area contributed by atoms with Crippen molar-refractivity contribution < 1.29 is 19.0 Å². The Morgan fingerprint density at radius 1 is 1.27 bits per heavy atom. The molecule has 0 saturated heterocycles. The largest absolute Gasteiger partial charge is 0.492 e. The summed E-state index contributed by atoms with van der Waals surface area (Å²) >= 11 is 7.45. The molecule has 10 heteroatoms. The smallest absolute Gasteiger partial charge is 0.349 e. The van der Waals surface area contributed by atoms with Gasteiger partial charge >= 0.3 is 5.97 Å². The van der Waals surface area contributed by atoms with E-state index in [2.05, 4.69) is 15.3 Å². The second-order valence-electron chi connectivity index (χ2n) is 7.42. The van der Waals surface area contributed by atoms with Crippen LogP contribution in [0.4, 0.5) is 10.2 Å². The van der Waals surface area contributed by atoms with Gasteiger partial charge in [-0.3, -0.25) is 0 Å². The highest BCUT2D eigenvalue weighted by Crippen LogP contribution is 2.36. The number of carbonyl (C=O) groups is 1. The van der Waals surface area contributed by atoms with E-state index in [1.54, 1.807) is 26.0 Å². The summed E-state index contributed by atoms with van der Waals surface area (Å²) in [6.07, 6.45) is 1.43. The molecule has 0 spiro atoms. The van der Waals surface area contributed by atoms with E-state index in [-0.39, 0.29) is 10.7 Å². The van der Waals surface area contributed by atoms with Gasteiger partial charge in [-0.25, -0.2) is 19.2 Å². The third-order valence-corrected chi connectivity index (χ3v) is 6.71. The number of carboxylic acid groups (broad SMARTS) is 1. The molecule has 0 amide bonds. The number of rotatable bonds is 8. The number of carboxylic acids is 1. The van der Waals surface area contributed by atoms with Crippen molar-refractivity contribution in [1.29, 1.82) is 0 Å². The number of benzene rings is 1. The Balaban J connectivity index is 1.53. The van der Waals surface area contributed by atoms with Crippen molar-refractivity contribution in [1.82, 2.24) is 14.5 Å². The molecular weight excluding hydrogens is 467 g/mol. The van der Waals surface area contributed by atoms with Crippen molar-refractivity contribution in [3.05, 3.63) is 57.6 Å². The maximum atomic E-state index is 14.1. The van der Waals surface area contributed by atoms with Crippen LogP contribution in [-0.4, -0.2) is 38.8 Å². The quantitative estimate of drug-likeness (QED) is 0.327. The Morgan fingerprint density at radius 2 is 2.06 bits per heavy atom. The molecule has 0 saturated carbocycles. The molecule has 0 unspecified atom stereocenters. The summed E-state index contributed by atoms with van der Waals surface area (Å²) in [6, 6.07) is 6.74. The lowest BCUT2D eigenvalue weighted by molar-refractivity contribution is 0.0698. The van der Waals surface area contributed by atoms with E-state index in [4.69, 9.17) is 16.3 Å². The van der Waals surface area contributed by atoms with Crippen molar-refractivity contribution >= 4 is 45.6 Å². The first kappa shape index (κ1) is 23.0. The number of aromatic carboxylic acids is 1. The molecule has 0 atom stereocenters. The highest BCUT2D eigenvalue weighted by atomic mass is 35.5. The van der Waals surface area contributed by atoms with Gasteiger partial charge in [0.25, 0.3) is 0 Å². The predicted octanol–water partition coefficient (Wildman–Crippen LogP) is 5.78. The molecule has 3 heterocycles. The van der Waals surface area contributed by atoms with Crippen LogP contribution in [0.25, 0.3) is 21.5 Å². The normalized spacial score (nSPS) is 11.2. The summed E-state index contributed by atoms with van der Waals surface area (Å²) in [4.78, 5) is 20.9. The molecule has 7 nitrogen and oxygen atoms in total. The predicted molar refractivity (Wildman–Crippen MR) is 128 cm³/mol. The molecule has 0 bridgehead atoms. The lowest BCUT2D eigenvalue weighted by Gasteiger charge is -2.12. The summed E-state index contributed by atoms with van der Waals surface area (Å²) < 4.78 is 21.5. The van der Waals surface area contributed by atoms with E-state index < -0.39 is 5.97 Å². The van der Waals surface area contributed by atoms with Gasteiger partial charge in [0.2, 0.25) is 0 Å². The molecule has 172 valence electrons. The van der Waals surface area contributed by atoms with Gasteiger partial charge in [-0.1, -0.05) is 11.6 Å². The fourth-order valence-electron chi connectivity index (χ4n) is 3.72. The first-order valence-electron chi connectivity index (χ1n) is 10.3. The number of aryl methyl sites for hydroxylation is 2. The van der Waals surface area contributed by atoms with E-state index in [9.17, 15) is 14.3 Å². The Kier molecular flexibility index (Phi) is 6.53. The minimum atomic E-state index is -1.04. The van der Waals surface area contributed by atoms with Gasteiger partial charge in [0, 0.05) is 36.3 Å². The Morgan fingerprint density at radius 3 is 2.79 bits per heavy atom. The van der Waals surface area contributed by atoms with Gasteiger partial charge < -0.3 is 19.7 Å². The zero-order valence-corrected chi connectivity index (χ0v) is 19.9. The number of halogens is 2. The van der Waals surface area contributed by atoms with Crippen LogP contribution in [0.1, 0.15) is 27.9 Å². The summed E-state index contributed by atoms with van der Waals surface area (Å²) in [5.41, 5.74) is 2.96. The van der Waals surface area contributed by atoms with Crippen molar-refractivity contribution in [2.24, 2.45) is 0 Å². The molecule has 1 aromatic carbocycles. The van der Waals surface area contributed by atoms with Crippen LogP contribution in [0.5, 0.6) is 5.75 Å². The second-order valence-corrected chi connectivity index (χ2v) is 8.88. The van der Waals surface area contributed by atoms with Crippen LogP contribution in [0.15, 0.2) is 30.6 Å². The SMILES string of the molecule is CCOc1cc(-c2cc(NCCn3c(C)cc4c(C)c(F)cc(Cl)c43)ncn2)sc1C(=O)O. The van der Waals surface area contributed by atoms with Crippen molar-refractivity contribution in [2.75, 3.05) is 18.5 Å². The molecular formula is C23H22ClFN4O3S. The van der Waals surface area contributed by atoms with Gasteiger partial charge in [0.05, 0.1) is 27.7 Å². The highest BCUT2D eigenvalue weighted by Gasteiger charge is 2.19. The van der Waals surface area contributed by atoms with Crippen LogP contribution >= 0.6 is 22.9 Å². The number of anilines is 1. The molecule has 4 rings (SSSR count). The van der Waals surface area contributed by atoms with Gasteiger partial charge in [-0.2, -0.15) is 0 Å². The maximum Gasteiger partial charge on any atom is 0.349 e. The minimum absolute atomic E-state index is 0.138. The Bertz CT molecular complexity index is 1350. The number of hydrogen-bond donors (Lipinski definition) is 2. The van der Waals surface area contributed by atoms with Crippen LogP contribution in [-0.2, 0) is 6.54 Å². The topological polar surface area (TPSA) is 89.3 Å². The van der Waals surface area contributed by atoms with Crippen LogP contribution in [0, 0.1) is 19.7 Å². The average Bonchev–Trinajstić information content (AvgIpc) is 3.35. The monoisotopic (exact) mass is 488 g/mol. The number of nitrogens with one attached hydrogen (secondary N) is 1. The lowest BCUT2D eigenvalue weighted by Crippen LogP contribution is -2.12. The van der Waals surface area contributed by atoms with Crippen LogP contribution in [0.2, 0.25) is 5.02 Å². The van der Waals surface area contributed by atoms with Gasteiger partial charge in [0.15, 0.2) is 4.88 Å². The molecule has 4 aromatic rings. The number of hydrogen-bond acceptors (Lipinski definition) is 6. The van der Waals surface area contributed by atoms with Gasteiger partial charge in [-0.05, 0) is 38.5 Å². The Hall–Kier alpha value is -3.17. The molecule has 0 radical (unpaired) electrons. The summed E-state index contributed by atoms with van der Waals surface area (Å²) in [5.74, 6) is -0.420. The molecule has 0 aliphatic rings. The van der Waals surface area contributed by atoms with Crippen LogP contribution < -0.4 is 10.1 Å². The van der Waals surface area contributed by atoms with Crippen molar-refractivity contribution in [3.8, 4) is 16.3 Å². The third-order valence-electron chi connectivity index (χ3n) is 5.30. The van der Waals surface area contributed by atoms with Gasteiger partial charge in [-0.15, -0.1) is 11.3 Å². The molecule has 33 heavy (non-hydrogen) atoms. The molecule has 3 aromatic heterocycles. The molecule has 0 aliphatic carbocycles. The summed E-state index contributed by atoms with van der Waals surface area (Å²) in [5, 5.41) is 13.9. The van der Waals surface area contributed by atoms with Gasteiger partial charge in [0.1, 0.15) is 23.7 Å². The average molecular weight is 489 g/mol. The minimum Gasteiger partial charge on any atom is -0.492 e. The fraction of sp³-hybridized carbons (Fsp3) is 0.261. The summed E-state index contributed by atoms with van der Waals surface area (Å²) in [6.45, 7) is 7.02. The second kappa shape index (κ2) is 9.36. The maximum absolute atomic E-state index is 14.1.